The van der Waals surface area contributed by atoms with Gasteiger partial charge in [-0.15, -0.1) is 0 Å². The summed E-state index contributed by atoms with van der Waals surface area (Å²) < 4.78 is 11.2. The van der Waals surface area contributed by atoms with E-state index in [1.165, 1.54) is 0 Å². The first-order chi connectivity index (χ1) is 11.6. The van der Waals surface area contributed by atoms with Gasteiger partial charge in [0.1, 0.15) is 17.4 Å². The number of nitriles is 1. The highest BCUT2D eigenvalue weighted by molar-refractivity contribution is 5.97. The molecule has 1 amide bonds. The Bertz CT molecular complexity index is 601. The van der Waals surface area contributed by atoms with Crippen LogP contribution in [0.5, 0.6) is 5.75 Å². The van der Waals surface area contributed by atoms with E-state index >= 15 is 0 Å². The molecule has 0 aromatic heterocycles. The molecule has 130 valence electrons. The van der Waals surface area contributed by atoms with E-state index in [0.717, 1.165) is 44.9 Å². The van der Waals surface area contributed by atoms with Gasteiger partial charge in [0.25, 0.3) is 5.91 Å². The Kier molecular flexibility index (Phi) is 6.62. The van der Waals surface area contributed by atoms with Crippen molar-refractivity contribution in [2.75, 3.05) is 19.0 Å². The van der Waals surface area contributed by atoms with Crippen molar-refractivity contribution in [2.24, 2.45) is 0 Å². The van der Waals surface area contributed by atoms with E-state index in [1.807, 2.05) is 0 Å². The molecule has 5 nitrogen and oxygen atoms in total. The summed E-state index contributed by atoms with van der Waals surface area (Å²) in [6, 6.07) is 7.30. The summed E-state index contributed by atoms with van der Waals surface area (Å²) in [7, 11) is 1.59. The van der Waals surface area contributed by atoms with Crippen molar-refractivity contribution in [3.8, 4) is 11.8 Å². The quantitative estimate of drug-likeness (QED) is 0.766. The SMILES string of the molecule is CCCCOc1ccc(NC(=O)C2(OC)CCCCC2)cc1C#N. The number of nitrogens with one attached hydrogen (secondary N) is 1. The zero-order valence-corrected chi connectivity index (χ0v) is 14.6. The summed E-state index contributed by atoms with van der Waals surface area (Å²) in [5.74, 6) is 0.427. The maximum Gasteiger partial charge on any atom is 0.256 e. The summed E-state index contributed by atoms with van der Waals surface area (Å²) in [6.07, 6.45) is 6.58. The number of anilines is 1. The normalized spacial score (nSPS) is 16.2. The van der Waals surface area contributed by atoms with Gasteiger partial charge < -0.3 is 14.8 Å². The molecule has 0 saturated heterocycles. The van der Waals surface area contributed by atoms with Gasteiger partial charge in [-0.1, -0.05) is 32.6 Å². The maximum atomic E-state index is 12.7. The summed E-state index contributed by atoms with van der Waals surface area (Å²) in [5.41, 5.74) is 0.279. The minimum absolute atomic E-state index is 0.131. The van der Waals surface area contributed by atoms with Crippen LogP contribution in [0.1, 0.15) is 57.4 Å². The molecule has 0 unspecified atom stereocenters. The van der Waals surface area contributed by atoms with Crippen molar-refractivity contribution < 1.29 is 14.3 Å². The highest BCUT2D eigenvalue weighted by Gasteiger charge is 2.39. The first-order valence-electron chi connectivity index (χ1n) is 8.69. The van der Waals surface area contributed by atoms with Gasteiger partial charge >= 0.3 is 0 Å². The number of unbranched alkanes of at least 4 members (excludes halogenated alkanes) is 1. The van der Waals surface area contributed by atoms with Crippen LogP contribution in [0.4, 0.5) is 5.69 Å². The second-order valence-corrected chi connectivity index (χ2v) is 6.24. The molecule has 0 heterocycles. The zero-order chi connectivity index (χ0) is 17.4. The summed E-state index contributed by atoms with van der Waals surface area (Å²) >= 11 is 0. The van der Waals surface area contributed by atoms with Gasteiger partial charge in [-0.2, -0.15) is 5.26 Å². The Labute approximate surface area is 144 Å². The van der Waals surface area contributed by atoms with Crippen LogP contribution in [0.3, 0.4) is 0 Å². The Morgan fingerprint density at radius 2 is 2.08 bits per heavy atom. The minimum Gasteiger partial charge on any atom is -0.492 e. The zero-order valence-electron chi connectivity index (χ0n) is 14.6. The lowest BCUT2D eigenvalue weighted by molar-refractivity contribution is -0.141. The van der Waals surface area contributed by atoms with Crippen LogP contribution in [0, 0.1) is 11.3 Å². The third kappa shape index (κ3) is 4.27. The van der Waals surface area contributed by atoms with Gasteiger partial charge in [0, 0.05) is 12.8 Å². The highest BCUT2D eigenvalue weighted by atomic mass is 16.5. The average Bonchev–Trinajstić information content (AvgIpc) is 2.63. The third-order valence-electron chi connectivity index (χ3n) is 4.58. The maximum absolute atomic E-state index is 12.7. The van der Waals surface area contributed by atoms with E-state index < -0.39 is 5.60 Å². The van der Waals surface area contributed by atoms with Crippen molar-refractivity contribution in [2.45, 2.75) is 57.5 Å². The van der Waals surface area contributed by atoms with Crippen LogP contribution in [-0.2, 0) is 9.53 Å². The highest BCUT2D eigenvalue weighted by Crippen LogP contribution is 2.32. The number of hydrogen-bond acceptors (Lipinski definition) is 4. The number of hydrogen-bond donors (Lipinski definition) is 1. The fraction of sp³-hybridized carbons (Fsp3) is 0.579. The van der Waals surface area contributed by atoms with Gasteiger partial charge in [0.15, 0.2) is 0 Å². The molecular weight excluding hydrogens is 304 g/mol. The molecule has 1 aliphatic rings. The van der Waals surface area contributed by atoms with Crippen molar-refractivity contribution in [1.82, 2.24) is 0 Å². The van der Waals surface area contributed by atoms with E-state index in [2.05, 4.69) is 18.3 Å². The predicted octanol–water partition coefficient (Wildman–Crippen LogP) is 4.02. The molecular formula is C19H26N2O3. The smallest absolute Gasteiger partial charge is 0.256 e. The lowest BCUT2D eigenvalue weighted by Gasteiger charge is -2.34. The van der Waals surface area contributed by atoms with Crippen molar-refractivity contribution >= 4 is 11.6 Å². The number of amides is 1. The topological polar surface area (TPSA) is 71.3 Å². The van der Waals surface area contributed by atoms with Gasteiger partial charge in [0.2, 0.25) is 0 Å². The van der Waals surface area contributed by atoms with Gasteiger partial charge in [0.05, 0.1) is 12.2 Å². The van der Waals surface area contributed by atoms with Crippen LogP contribution < -0.4 is 10.1 Å². The second kappa shape index (κ2) is 8.70. The van der Waals surface area contributed by atoms with Crippen LogP contribution in [0.15, 0.2) is 18.2 Å². The number of methoxy groups -OCH3 is 1. The van der Waals surface area contributed by atoms with E-state index in [0.29, 0.717) is 23.6 Å². The van der Waals surface area contributed by atoms with Gasteiger partial charge in [-0.25, -0.2) is 0 Å². The van der Waals surface area contributed by atoms with Gasteiger partial charge in [-0.3, -0.25) is 4.79 Å². The predicted molar refractivity (Wildman–Crippen MR) is 93.0 cm³/mol. The number of rotatable bonds is 7. The second-order valence-electron chi connectivity index (χ2n) is 6.24. The molecule has 1 saturated carbocycles. The average molecular weight is 330 g/mol. The molecule has 0 bridgehead atoms. The van der Waals surface area contributed by atoms with Crippen molar-refractivity contribution in [3.63, 3.8) is 0 Å². The van der Waals surface area contributed by atoms with Crippen LogP contribution in [-0.4, -0.2) is 25.2 Å². The first kappa shape index (κ1) is 18.3. The van der Waals surface area contributed by atoms with E-state index in [4.69, 9.17) is 9.47 Å². The molecule has 0 spiro atoms. The number of benzene rings is 1. The van der Waals surface area contributed by atoms with E-state index in [9.17, 15) is 10.1 Å². The summed E-state index contributed by atoms with van der Waals surface area (Å²) in [6.45, 7) is 2.67. The molecule has 24 heavy (non-hydrogen) atoms. The van der Waals surface area contributed by atoms with E-state index in [1.54, 1.807) is 25.3 Å². The Morgan fingerprint density at radius 3 is 2.71 bits per heavy atom. The molecule has 1 fully saturated rings. The van der Waals surface area contributed by atoms with Crippen LogP contribution >= 0.6 is 0 Å². The molecule has 2 rings (SSSR count). The number of carbonyl (C=O) groups excluding carboxylic acids is 1. The standard InChI is InChI=1S/C19H26N2O3/c1-3-4-12-24-17-9-8-16(13-15(17)14-20)21-18(22)19(23-2)10-6-5-7-11-19/h8-9,13H,3-7,10-12H2,1-2H3,(H,21,22). The Morgan fingerprint density at radius 1 is 1.33 bits per heavy atom. The molecule has 0 aliphatic heterocycles. The Hall–Kier alpha value is -2.06. The number of carbonyl (C=O) groups is 1. The van der Waals surface area contributed by atoms with Crippen molar-refractivity contribution in [3.05, 3.63) is 23.8 Å². The lowest BCUT2D eigenvalue weighted by atomic mass is 9.84. The molecule has 5 heteroatoms. The van der Waals surface area contributed by atoms with Crippen LogP contribution in [0.25, 0.3) is 0 Å². The lowest BCUT2D eigenvalue weighted by Crippen LogP contribution is -2.46. The van der Waals surface area contributed by atoms with Crippen molar-refractivity contribution in [1.29, 1.82) is 5.26 Å². The Balaban J connectivity index is 2.09. The largest absolute Gasteiger partial charge is 0.492 e. The number of nitrogens with zero attached hydrogens (tertiary/aromatic N) is 1. The fourth-order valence-electron chi connectivity index (χ4n) is 3.04. The minimum atomic E-state index is -0.749. The van der Waals surface area contributed by atoms with Crippen LogP contribution in [0.2, 0.25) is 0 Å². The van der Waals surface area contributed by atoms with E-state index in [-0.39, 0.29) is 5.91 Å². The molecule has 1 aromatic carbocycles. The number of ether oxygens (including phenoxy) is 2. The monoisotopic (exact) mass is 330 g/mol. The first-order valence-corrected chi connectivity index (χ1v) is 8.69. The van der Waals surface area contributed by atoms with Gasteiger partial charge in [-0.05, 0) is 37.5 Å². The molecule has 1 aliphatic carbocycles. The third-order valence-corrected chi connectivity index (χ3v) is 4.58. The molecule has 1 aromatic rings. The summed E-state index contributed by atoms with van der Waals surface area (Å²) in [5, 5.41) is 12.2. The summed E-state index contributed by atoms with van der Waals surface area (Å²) in [4.78, 5) is 12.7. The molecule has 0 atom stereocenters. The molecule has 1 N–H and O–H groups in total. The fourth-order valence-corrected chi connectivity index (χ4v) is 3.04. The molecule has 0 radical (unpaired) electrons.